The minimum Gasteiger partial charge on any atom is -0.263 e. The standard InChI is InChI=1S/C19H15N5O2S/c25-27(26,17-9-7-16(8-10-17)15-5-2-1-3-6-15)23-18-13-19(21-14-20-18)24-12-4-11-22-24/h1-14H,(H,20,21,23). The molecule has 4 rings (SSSR count). The van der Waals surface area contributed by atoms with Gasteiger partial charge in [-0.15, -0.1) is 0 Å². The van der Waals surface area contributed by atoms with E-state index in [0.29, 0.717) is 5.82 Å². The summed E-state index contributed by atoms with van der Waals surface area (Å²) in [5.74, 6) is 0.634. The maximum atomic E-state index is 12.7. The molecule has 0 aliphatic heterocycles. The van der Waals surface area contributed by atoms with Gasteiger partial charge in [0.2, 0.25) is 0 Å². The lowest BCUT2D eigenvalue weighted by Gasteiger charge is -2.09. The molecule has 0 bridgehead atoms. The first-order valence-electron chi connectivity index (χ1n) is 8.12. The number of anilines is 1. The maximum Gasteiger partial charge on any atom is 0.263 e. The Morgan fingerprint density at radius 2 is 1.59 bits per heavy atom. The number of benzene rings is 2. The first kappa shape index (κ1) is 16.9. The van der Waals surface area contributed by atoms with E-state index < -0.39 is 10.0 Å². The number of hydrogen-bond acceptors (Lipinski definition) is 5. The summed E-state index contributed by atoms with van der Waals surface area (Å²) in [7, 11) is -3.77. The van der Waals surface area contributed by atoms with Gasteiger partial charge in [0.05, 0.1) is 4.90 Å². The third kappa shape index (κ3) is 3.70. The Morgan fingerprint density at radius 3 is 2.30 bits per heavy atom. The highest BCUT2D eigenvalue weighted by Gasteiger charge is 2.15. The summed E-state index contributed by atoms with van der Waals surface area (Å²) in [6, 6.07) is 19.7. The third-order valence-electron chi connectivity index (χ3n) is 3.90. The quantitative estimate of drug-likeness (QED) is 0.577. The molecule has 0 saturated heterocycles. The number of aromatic nitrogens is 4. The monoisotopic (exact) mass is 377 g/mol. The van der Waals surface area contributed by atoms with Crippen LogP contribution in [0.4, 0.5) is 5.82 Å². The van der Waals surface area contributed by atoms with Crippen LogP contribution in [0.3, 0.4) is 0 Å². The lowest BCUT2D eigenvalue weighted by molar-refractivity contribution is 0.601. The van der Waals surface area contributed by atoms with E-state index in [9.17, 15) is 8.42 Å². The van der Waals surface area contributed by atoms with Gasteiger partial charge in [0.15, 0.2) is 5.82 Å². The van der Waals surface area contributed by atoms with Crippen LogP contribution in [0.15, 0.2) is 90.3 Å². The molecule has 0 aliphatic rings. The van der Waals surface area contributed by atoms with Gasteiger partial charge in [-0.05, 0) is 29.3 Å². The molecule has 2 heterocycles. The molecule has 0 saturated carbocycles. The normalized spacial score (nSPS) is 11.3. The predicted octanol–water partition coefficient (Wildman–Crippen LogP) is 3.13. The maximum absolute atomic E-state index is 12.7. The molecule has 0 amide bonds. The minimum absolute atomic E-state index is 0.154. The van der Waals surface area contributed by atoms with Crippen molar-refractivity contribution in [1.82, 2.24) is 19.7 Å². The van der Waals surface area contributed by atoms with Crippen LogP contribution in [0.25, 0.3) is 16.9 Å². The van der Waals surface area contributed by atoms with E-state index in [1.807, 2.05) is 30.3 Å². The number of rotatable bonds is 5. The second kappa shape index (κ2) is 7.00. The molecular formula is C19H15N5O2S. The van der Waals surface area contributed by atoms with Crippen LogP contribution >= 0.6 is 0 Å². The Labute approximate surface area is 156 Å². The fourth-order valence-corrected chi connectivity index (χ4v) is 3.59. The summed E-state index contributed by atoms with van der Waals surface area (Å²) in [5, 5.41) is 4.07. The van der Waals surface area contributed by atoms with E-state index in [0.717, 1.165) is 11.1 Å². The van der Waals surface area contributed by atoms with Crippen LogP contribution in [0.2, 0.25) is 0 Å². The molecule has 134 valence electrons. The van der Waals surface area contributed by atoms with Gasteiger partial charge >= 0.3 is 0 Å². The zero-order valence-electron chi connectivity index (χ0n) is 14.1. The fourth-order valence-electron chi connectivity index (χ4n) is 2.59. The summed E-state index contributed by atoms with van der Waals surface area (Å²) >= 11 is 0. The molecule has 0 atom stereocenters. The van der Waals surface area contributed by atoms with Gasteiger partial charge in [0.1, 0.15) is 12.1 Å². The van der Waals surface area contributed by atoms with Crippen LogP contribution in [0.5, 0.6) is 0 Å². The van der Waals surface area contributed by atoms with Crippen LogP contribution in [-0.2, 0) is 10.0 Å². The van der Waals surface area contributed by atoms with Gasteiger partial charge in [-0.3, -0.25) is 4.72 Å². The second-order valence-corrected chi connectivity index (χ2v) is 7.39. The largest absolute Gasteiger partial charge is 0.263 e. The summed E-state index contributed by atoms with van der Waals surface area (Å²) in [4.78, 5) is 8.22. The number of hydrogen-bond donors (Lipinski definition) is 1. The highest BCUT2D eigenvalue weighted by atomic mass is 32.2. The van der Waals surface area contributed by atoms with Gasteiger partial charge in [-0.1, -0.05) is 42.5 Å². The molecule has 0 unspecified atom stereocenters. The number of nitrogens with one attached hydrogen (secondary N) is 1. The third-order valence-corrected chi connectivity index (χ3v) is 5.27. The lowest BCUT2D eigenvalue weighted by atomic mass is 10.1. The summed E-state index contributed by atoms with van der Waals surface area (Å²) in [5.41, 5.74) is 1.96. The zero-order valence-corrected chi connectivity index (χ0v) is 14.9. The Morgan fingerprint density at radius 1 is 0.852 bits per heavy atom. The lowest BCUT2D eigenvalue weighted by Crippen LogP contribution is -2.14. The van der Waals surface area contributed by atoms with Gasteiger partial charge < -0.3 is 0 Å². The number of sulfonamides is 1. The van der Waals surface area contributed by atoms with Crippen LogP contribution in [-0.4, -0.2) is 28.2 Å². The van der Waals surface area contributed by atoms with E-state index >= 15 is 0 Å². The zero-order chi connectivity index (χ0) is 18.7. The van der Waals surface area contributed by atoms with Crippen molar-refractivity contribution < 1.29 is 8.42 Å². The average Bonchev–Trinajstić information content (AvgIpc) is 3.24. The Bertz CT molecular complexity index is 1140. The molecule has 7 nitrogen and oxygen atoms in total. The first-order valence-corrected chi connectivity index (χ1v) is 9.60. The Kier molecular flexibility index (Phi) is 4.39. The van der Waals surface area contributed by atoms with Crippen LogP contribution in [0, 0.1) is 0 Å². The van der Waals surface area contributed by atoms with Crippen LogP contribution < -0.4 is 4.72 Å². The molecule has 0 radical (unpaired) electrons. The smallest absolute Gasteiger partial charge is 0.263 e. The fraction of sp³-hybridized carbons (Fsp3) is 0. The molecule has 0 fully saturated rings. The Hall–Kier alpha value is -3.52. The molecule has 0 spiro atoms. The van der Waals surface area contributed by atoms with Crippen molar-refractivity contribution in [1.29, 1.82) is 0 Å². The van der Waals surface area contributed by atoms with Crippen molar-refractivity contribution in [3.63, 3.8) is 0 Å². The molecule has 4 aromatic rings. The van der Waals surface area contributed by atoms with Crippen molar-refractivity contribution in [3.05, 3.63) is 85.5 Å². The first-order chi connectivity index (χ1) is 13.1. The topological polar surface area (TPSA) is 89.8 Å². The van der Waals surface area contributed by atoms with Gasteiger partial charge in [0, 0.05) is 18.5 Å². The van der Waals surface area contributed by atoms with Gasteiger partial charge in [0.25, 0.3) is 10.0 Å². The minimum atomic E-state index is -3.77. The van der Waals surface area contributed by atoms with Crippen molar-refractivity contribution >= 4 is 15.8 Å². The average molecular weight is 377 g/mol. The van der Waals surface area contributed by atoms with Crippen molar-refractivity contribution in [2.24, 2.45) is 0 Å². The highest BCUT2D eigenvalue weighted by Crippen LogP contribution is 2.22. The van der Waals surface area contributed by atoms with E-state index in [2.05, 4.69) is 19.8 Å². The summed E-state index contributed by atoms with van der Waals surface area (Å²) < 4.78 is 29.3. The van der Waals surface area contributed by atoms with Gasteiger partial charge in [-0.2, -0.15) is 5.10 Å². The van der Waals surface area contributed by atoms with Crippen molar-refractivity contribution in [2.75, 3.05) is 4.72 Å². The van der Waals surface area contributed by atoms with E-state index in [4.69, 9.17) is 0 Å². The molecule has 2 aromatic heterocycles. The van der Waals surface area contributed by atoms with Gasteiger partial charge in [-0.25, -0.2) is 23.1 Å². The van der Waals surface area contributed by atoms with Crippen LogP contribution in [0.1, 0.15) is 0 Å². The predicted molar refractivity (Wildman–Crippen MR) is 102 cm³/mol. The Balaban J connectivity index is 1.58. The summed E-state index contributed by atoms with van der Waals surface area (Å²) in [6.07, 6.45) is 4.61. The second-order valence-electron chi connectivity index (χ2n) is 5.71. The molecule has 2 aromatic carbocycles. The SMILES string of the molecule is O=S(=O)(Nc1cc(-n2cccn2)ncn1)c1ccc(-c2ccccc2)cc1. The molecule has 27 heavy (non-hydrogen) atoms. The molecule has 8 heteroatoms. The highest BCUT2D eigenvalue weighted by molar-refractivity contribution is 7.92. The van der Waals surface area contributed by atoms with Crippen molar-refractivity contribution in [2.45, 2.75) is 4.90 Å². The van der Waals surface area contributed by atoms with E-state index in [-0.39, 0.29) is 10.7 Å². The molecule has 1 N–H and O–H groups in total. The number of nitrogens with zero attached hydrogens (tertiary/aromatic N) is 4. The summed E-state index contributed by atoms with van der Waals surface area (Å²) in [6.45, 7) is 0. The van der Waals surface area contributed by atoms with E-state index in [1.165, 1.54) is 17.1 Å². The molecular weight excluding hydrogens is 362 g/mol. The van der Waals surface area contributed by atoms with Crippen molar-refractivity contribution in [3.8, 4) is 16.9 Å². The van der Waals surface area contributed by atoms with E-state index in [1.54, 1.807) is 42.7 Å². The molecule has 0 aliphatic carbocycles.